The first-order chi connectivity index (χ1) is 10.6. The van der Waals surface area contributed by atoms with Gasteiger partial charge in [0.25, 0.3) is 0 Å². The maximum Gasteiger partial charge on any atom is 0.339 e. The van der Waals surface area contributed by atoms with E-state index in [4.69, 9.17) is 21.7 Å². The minimum atomic E-state index is -0.419. The number of morpholine rings is 1. The Bertz CT molecular complexity index is 657. The zero-order valence-electron chi connectivity index (χ0n) is 12.8. The number of carbonyl (C=O) groups is 1. The molecule has 1 aliphatic heterocycles. The van der Waals surface area contributed by atoms with Gasteiger partial charge in [-0.05, 0) is 19.9 Å². The summed E-state index contributed by atoms with van der Waals surface area (Å²) < 4.78 is 12.8. The monoisotopic (exact) mass is 322 g/mol. The number of nitriles is 1. The van der Waals surface area contributed by atoms with Crippen LogP contribution >= 0.6 is 12.2 Å². The van der Waals surface area contributed by atoms with Crippen LogP contribution in [0, 0.1) is 22.9 Å². The van der Waals surface area contributed by atoms with Gasteiger partial charge < -0.3 is 14.4 Å². The summed E-state index contributed by atoms with van der Waals surface area (Å²) in [7, 11) is 0. The number of hydrogen-bond acceptors (Lipinski definition) is 5. The lowest BCUT2D eigenvalue weighted by atomic mass is 10.1. The zero-order chi connectivity index (χ0) is 16.1. The first kappa shape index (κ1) is 16.6. The highest BCUT2D eigenvalue weighted by atomic mass is 32.1. The van der Waals surface area contributed by atoms with Crippen molar-refractivity contribution in [2.45, 2.75) is 20.5 Å². The molecule has 7 heteroatoms. The molecule has 0 spiro atoms. The van der Waals surface area contributed by atoms with Crippen LogP contribution in [-0.4, -0.2) is 43.4 Å². The van der Waals surface area contributed by atoms with Crippen molar-refractivity contribution >= 4 is 18.2 Å². The molecule has 0 amide bonds. The zero-order valence-corrected chi connectivity index (χ0v) is 13.7. The molecule has 2 rings (SSSR count). The minimum absolute atomic E-state index is 0.296. The predicted octanol–water partition coefficient (Wildman–Crippen LogP) is 0.447. The number of quaternary nitrogens is 1. The maximum atomic E-state index is 12.1. The second kappa shape index (κ2) is 7.49. The Kier molecular flexibility index (Phi) is 5.66. The molecule has 1 saturated heterocycles. The average molecular weight is 322 g/mol. The molecule has 6 nitrogen and oxygen atoms in total. The number of nitrogens with zero attached hydrogens (tertiary/aromatic N) is 2. The largest absolute Gasteiger partial charge is 0.462 e. The van der Waals surface area contributed by atoms with Gasteiger partial charge in [0, 0.05) is 5.69 Å². The number of aromatic nitrogens is 1. The van der Waals surface area contributed by atoms with Gasteiger partial charge in [-0.15, -0.1) is 0 Å². The summed E-state index contributed by atoms with van der Waals surface area (Å²) in [6, 6.07) is 3.60. The third-order valence-corrected chi connectivity index (χ3v) is 4.20. The number of pyridine rings is 1. The van der Waals surface area contributed by atoms with Gasteiger partial charge in [-0.2, -0.15) is 5.26 Å². The number of hydrogen-bond donors (Lipinski definition) is 1. The molecule has 0 radical (unpaired) electrons. The summed E-state index contributed by atoms with van der Waals surface area (Å²) in [5.74, 6) is -0.419. The quantitative estimate of drug-likeness (QED) is 0.644. The summed E-state index contributed by atoms with van der Waals surface area (Å²) in [6.07, 6.45) is 0. The van der Waals surface area contributed by atoms with Crippen molar-refractivity contribution in [3.63, 3.8) is 0 Å². The van der Waals surface area contributed by atoms with Gasteiger partial charge in [0.05, 0.1) is 30.9 Å². The fourth-order valence-corrected chi connectivity index (χ4v) is 2.79. The Morgan fingerprint density at radius 1 is 1.55 bits per heavy atom. The molecule has 0 bridgehead atoms. The van der Waals surface area contributed by atoms with Gasteiger partial charge in [0.1, 0.15) is 23.8 Å². The van der Waals surface area contributed by atoms with E-state index in [1.807, 2.05) is 11.5 Å². The van der Waals surface area contributed by atoms with Gasteiger partial charge in [-0.1, -0.05) is 12.2 Å². The lowest BCUT2D eigenvalue weighted by Gasteiger charge is -2.26. The molecule has 1 aromatic rings. The lowest BCUT2D eigenvalue weighted by molar-refractivity contribution is -0.930. The third kappa shape index (κ3) is 3.53. The molecular weight excluding hydrogens is 302 g/mol. The normalized spacial score (nSPS) is 15.3. The third-order valence-electron chi connectivity index (χ3n) is 3.76. The SMILES string of the molecule is CCOC(=O)c1cc(C#N)c(=S)n(C[NH+]2CCOCC2)c1C. The van der Waals surface area contributed by atoms with E-state index in [0.717, 1.165) is 18.8 Å². The van der Waals surface area contributed by atoms with E-state index >= 15 is 0 Å². The fourth-order valence-electron chi connectivity index (χ4n) is 2.48. The summed E-state index contributed by atoms with van der Waals surface area (Å²) in [6.45, 7) is 7.70. The van der Waals surface area contributed by atoms with Crippen LogP contribution in [0.3, 0.4) is 0 Å². The predicted molar refractivity (Wildman–Crippen MR) is 82.2 cm³/mol. The highest BCUT2D eigenvalue weighted by Gasteiger charge is 2.20. The van der Waals surface area contributed by atoms with Crippen molar-refractivity contribution in [1.29, 1.82) is 5.26 Å². The fraction of sp³-hybridized carbons (Fsp3) is 0.533. The Hall–Kier alpha value is -1.75. The molecule has 1 fully saturated rings. The molecule has 1 N–H and O–H groups in total. The van der Waals surface area contributed by atoms with E-state index in [2.05, 4.69) is 6.07 Å². The van der Waals surface area contributed by atoms with Crippen molar-refractivity contribution < 1.29 is 19.2 Å². The molecule has 0 unspecified atom stereocenters. The van der Waals surface area contributed by atoms with Gasteiger partial charge in [-0.25, -0.2) is 4.79 Å². The second-order valence-corrected chi connectivity index (χ2v) is 5.53. The lowest BCUT2D eigenvalue weighted by Crippen LogP contribution is -3.13. The van der Waals surface area contributed by atoms with Crippen LogP contribution in [0.1, 0.15) is 28.5 Å². The second-order valence-electron chi connectivity index (χ2n) is 5.14. The van der Waals surface area contributed by atoms with Crippen molar-refractivity contribution in [2.75, 3.05) is 32.9 Å². The molecule has 1 aromatic heterocycles. The van der Waals surface area contributed by atoms with E-state index < -0.39 is 5.97 Å². The van der Waals surface area contributed by atoms with Gasteiger partial charge in [-0.3, -0.25) is 4.57 Å². The van der Waals surface area contributed by atoms with Crippen LogP contribution in [-0.2, 0) is 16.1 Å². The Labute approximate surface area is 134 Å². The molecule has 0 saturated carbocycles. The van der Waals surface area contributed by atoms with Gasteiger partial charge in [0.2, 0.25) is 0 Å². The smallest absolute Gasteiger partial charge is 0.339 e. The van der Waals surface area contributed by atoms with Crippen molar-refractivity contribution in [2.24, 2.45) is 0 Å². The first-order valence-corrected chi connectivity index (χ1v) is 7.72. The van der Waals surface area contributed by atoms with E-state index in [1.165, 1.54) is 11.0 Å². The first-order valence-electron chi connectivity index (χ1n) is 7.31. The molecular formula is C15H20N3O3S+. The highest BCUT2D eigenvalue weighted by molar-refractivity contribution is 7.71. The summed E-state index contributed by atoms with van der Waals surface area (Å²) in [4.78, 5) is 13.4. The van der Waals surface area contributed by atoms with Crippen LogP contribution in [0.15, 0.2) is 6.07 Å². The van der Waals surface area contributed by atoms with E-state index in [0.29, 0.717) is 42.3 Å². The number of rotatable bonds is 4. The Morgan fingerprint density at radius 3 is 2.82 bits per heavy atom. The summed E-state index contributed by atoms with van der Waals surface area (Å²) in [5.41, 5.74) is 1.47. The summed E-state index contributed by atoms with van der Waals surface area (Å²) >= 11 is 5.40. The Balaban J connectivity index is 2.42. The van der Waals surface area contributed by atoms with Crippen LogP contribution in [0.25, 0.3) is 0 Å². The van der Waals surface area contributed by atoms with Crippen molar-refractivity contribution in [3.05, 3.63) is 27.5 Å². The molecule has 2 heterocycles. The Morgan fingerprint density at radius 2 is 2.23 bits per heavy atom. The minimum Gasteiger partial charge on any atom is -0.462 e. The standard InChI is InChI=1S/C15H19N3O3S/c1-3-21-15(19)13-8-12(9-16)14(22)18(11(13)2)10-17-4-6-20-7-5-17/h8H,3-7,10H2,1-2H3/p+1. The molecule has 0 atom stereocenters. The van der Waals surface area contributed by atoms with Crippen LogP contribution in [0.4, 0.5) is 0 Å². The molecule has 1 aliphatic rings. The van der Waals surface area contributed by atoms with Crippen LogP contribution < -0.4 is 4.90 Å². The molecule has 22 heavy (non-hydrogen) atoms. The van der Waals surface area contributed by atoms with Gasteiger partial charge in [0.15, 0.2) is 6.67 Å². The highest BCUT2D eigenvalue weighted by Crippen LogP contribution is 2.14. The number of ether oxygens (including phenoxy) is 2. The van der Waals surface area contributed by atoms with Crippen LogP contribution in [0.2, 0.25) is 0 Å². The number of nitrogens with one attached hydrogen (secondary N) is 1. The molecule has 0 aliphatic carbocycles. The average Bonchev–Trinajstić information content (AvgIpc) is 2.53. The molecule has 0 aromatic carbocycles. The van der Waals surface area contributed by atoms with E-state index in [-0.39, 0.29) is 0 Å². The summed E-state index contributed by atoms with van der Waals surface area (Å²) in [5, 5.41) is 9.27. The maximum absolute atomic E-state index is 12.1. The number of esters is 1. The topological polar surface area (TPSA) is 68.7 Å². The molecule has 118 valence electrons. The van der Waals surface area contributed by atoms with E-state index in [1.54, 1.807) is 6.92 Å². The van der Waals surface area contributed by atoms with Crippen LogP contribution in [0.5, 0.6) is 0 Å². The van der Waals surface area contributed by atoms with Crippen molar-refractivity contribution in [1.82, 2.24) is 4.57 Å². The van der Waals surface area contributed by atoms with Gasteiger partial charge >= 0.3 is 5.97 Å². The number of carbonyl (C=O) groups excluding carboxylic acids is 1. The van der Waals surface area contributed by atoms with Crippen molar-refractivity contribution in [3.8, 4) is 6.07 Å². The van der Waals surface area contributed by atoms with E-state index in [9.17, 15) is 10.1 Å².